The highest BCUT2D eigenvalue weighted by molar-refractivity contribution is 5.87. The van der Waals surface area contributed by atoms with Crippen LogP contribution in [-0.2, 0) is 23.8 Å². The molecule has 2 fully saturated rings. The Morgan fingerprint density at radius 3 is 2.48 bits per heavy atom. The molecule has 9 unspecified atom stereocenters. The third kappa shape index (κ3) is 8.20. The van der Waals surface area contributed by atoms with E-state index in [1.54, 1.807) is 19.9 Å². The van der Waals surface area contributed by atoms with Crippen molar-refractivity contribution in [1.82, 2.24) is 5.01 Å². The van der Waals surface area contributed by atoms with Crippen molar-refractivity contribution in [3.05, 3.63) is 36.0 Å². The highest BCUT2D eigenvalue weighted by atomic mass is 16.7. The second kappa shape index (κ2) is 14.1. The molecule has 2 saturated heterocycles. The number of aliphatic hydroxyl groups is 5. The van der Waals surface area contributed by atoms with Gasteiger partial charge >= 0.3 is 5.97 Å². The van der Waals surface area contributed by atoms with E-state index in [1.807, 2.05) is 26.8 Å². The number of carbonyl (C=O) groups is 2. The zero-order chi connectivity index (χ0) is 30.4. The summed E-state index contributed by atoms with van der Waals surface area (Å²) >= 11 is 0. The van der Waals surface area contributed by atoms with Crippen molar-refractivity contribution >= 4 is 11.9 Å². The number of rotatable bonds is 10. The van der Waals surface area contributed by atoms with E-state index in [0.29, 0.717) is 12.8 Å². The number of esters is 1. The van der Waals surface area contributed by atoms with Crippen LogP contribution in [0.3, 0.4) is 0 Å². The second-order valence-electron chi connectivity index (χ2n) is 11.0. The molecule has 1 amide bonds. The smallest absolute Gasteiger partial charge is 0.306 e. The second-order valence-corrected chi connectivity index (χ2v) is 11.0. The van der Waals surface area contributed by atoms with Crippen LogP contribution in [-0.4, -0.2) is 103 Å². The normalized spacial score (nSPS) is 38.0. The van der Waals surface area contributed by atoms with E-state index in [-0.39, 0.29) is 36.6 Å². The first-order valence-electron chi connectivity index (χ1n) is 13.6. The summed E-state index contributed by atoms with van der Waals surface area (Å²) in [5.41, 5.74) is -1.57. The predicted octanol–water partition coefficient (Wildman–Crippen LogP) is 0.214. The van der Waals surface area contributed by atoms with Gasteiger partial charge in [0.25, 0.3) is 5.91 Å². The SMILES string of the molecule is CCC(=O)OC(C)/C=C\C(=O)N(N)C1CC(C)C(C/C=C(C)/C=C/[C@H]2OC(C)(O)C(O)C(O)(CO)C2O)OC1C. The van der Waals surface area contributed by atoms with Gasteiger partial charge in [0.1, 0.15) is 30.0 Å². The maximum Gasteiger partial charge on any atom is 0.306 e. The number of aliphatic hydroxyl groups excluding tert-OH is 3. The minimum absolute atomic E-state index is 0.0705. The van der Waals surface area contributed by atoms with Crippen LogP contribution in [0.5, 0.6) is 0 Å². The van der Waals surface area contributed by atoms with Gasteiger partial charge in [-0.05, 0) is 52.5 Å². The fourth-order valence-electron chi connectivity index (χ4n) is 4.91. The molecule has 0 aromatic rings. The first kappa shape index (κ1) is 34.0. The molecule has 10 atom stereocenters. The number of hydrazine groups is 1. The van der Waals surface area contributed by atoms with Crippen molar-refractivity contribution in [1.29, 1.82) is 0 Å². The summed E-state index contributed by atoms with van der Waals surface area (Å²) in [6.45, 7) is 9.21. The van der Waals surface area contributed by atoms with Gasteiger partial charge < -0.3 is 39.7 Å². The van der Waals surface area contributed by atoms with E-state index in [1.165, 1.54) is 18.2 Å². The van der Waals surface area contributed by atoms with Crippen molar-refractivity contribution in [2.24, 2.45) is 11.8 Å². The fraction of sp³-hybridized carbons (Fsp3) is 0.714. The summed E-state index contributed by atoms with van der Waals surface area (Å²) in [6, 6.07) is -0.347. The lowest BCUT2D eigenvalue weighted by molar-refractivity contribution is -0.362. The third-order valence-corrected chi connectivity index (χ3v) is 7.56. The molecule has 0 aromatic carbocycles. The lowest BCUT2D eigenvalue weighted by Gasteiger charge is -2.49. The van der Waals surface area contributed by atoms with Gasteiger partial charge in [-0.25, -0.2) is 5.84 Å². The molecular formula is C28H46N2O10. The maximum absolute atomic E-state index is 12.6. The Hall–Kier alpha value is -2.16. The van der Waals surface area contributed by atoms with Gasteiger partial charge in [0.05, 0.1) is 24.9 Å². The van der Waals surface area contributed by atoms with E-state index in [2.05, 4.69) is 0 Å². The summed E-state index contributed by atoms with van der Waals surface area (Å²) in [4.78, 5) is 24.0. The average Bonchev–Trinajstić information content (AvgIpc) is 2.91. The van der Waals surface area contributed by atoms with E-state index >= 15 is 0 Å². The van der Waals surface area contributed by atoms with E-state index < -0.39 is 48.3 Å². The Morgan fingerprint density at radius 2 is 1.88 bits per heavy atom. The van der Waals surface area contributed by atoms with Gasteiger partial charge in [0.15, 0.2) is 5.79 Å². The average molecular weight is 571 g/mol. The molecule has 0 aliphatic carbocycles. The molecule has 2 heterocycles. The van der Waals surface area contributed by atoms with Crippen LogP contribution >= 0.6 is 0 Å². The number of hydrogen-bond donors (Lipinski definition) is 6. The minimum atomic E-state index is -2.36. The monoisotopic (exact) mass is 570 g/mol. The van der Waals surface area contributed by atoms with Gasteiger partial charge in [-0.2, -0.15) is 0 Å². The summed E-state index contributed by atoms with van der Waals surface area (Å²) < 4.78 is 16.7. The van der Waals surface area contributed by atoms with Crippen molar-refractivity contribution in [3.8, 4) is 0 Å². The molecule has 2 aliphatic rings. The first-order valence-corrected chi connectivity index (χ1v) is 13.6. The largest absolute Gasteiger partial charge is 0.458 e. The van der Waals surface area contributed by atoms with Crippen LogP contribution in [0.15, 0.2) is 36.0 Å². The summed E-state index contributed by atoms with van der Waals surface area (Å²) in [7, 11) is 0. The Balaban J connectivity index is 1.97. The van der Waals surface area contributed by atoms with E-state index in [0.717, 1.165) is 17.5 Å². The molecule has 0 bridgehead atoms. The van der Waals surface area contributed by atoms with Crippen LogP contribution in [0.2, 0.25) is 0 Å². The summed E-state index contributed by atoms with van der Waals surface area (Å²) in [5, 5.41) is 52.1. The molecule has 40 heavy (non-hydrogen) atoms. The molecule has 0 spiro atoms. The predicted molar refractivity (Wildman–Crippen MR) is 145 cm³/mol. The van der Waals surface area contributed by atoms with Crippen molar-refractivity contribution < 1.29 is 49.3 Å². The molecule has 7 N–H and O–H groups in total. The zero-order valence-corrected chi connectivity index (χ0v) is 24.1. The van der Waals surface area contributed by atoms with Gasteiger partial charge in [0.2, 0.25) is 0 Å². The molecule has 0 aromatic heterocycles. The quantitative estimate of drug-likeness (QED) is 0.0525. The molecule has 12 heteroatoms. The topological polar surface area (TPSA) is 192 Å². The number of amides is 1. The van der Waals surface area contributed by atoms with Crippen LogP contribution in [0, 0.1) is 5.92 Å². The molecule has 228 valence electrons. The maximum atomic E-state index is 12.6. The Kier molecular flexibility index (Phi) is 12.0. The van der Waals surface area contributed by atoms with Crippen LogP contribution in [0.1, 0.15) is 60.8 Å². The van der Waals surface area contributed by atoms with Gasteiger partial charge in [0, 0.05) is 12.5 Å². The number of ether oxygens (including phenoxy) is 3. The van der Waals surface area contributed by atoms with Crippen molar-refractivity contribution in [2.45, 2.75) is 115 Å². The minimum Gasteiger partial charge on any atom is -0.458 e. The summed E-state index contributed by atoms with van der Waals surface area (Å²) in [5.74, 6) is 3.24. The fourth-order valence-corrected chi connectivity index (χ4v) is 4.91. The van der Waals surface area contributed by atoms with Gasteiger partial charge in [-0.15, -0.1) is 0 Å². The van der Waals surface area contributed by atoms with E-state index in [4.69, 9.17) is 20.1 Å². The number of nitrogens with two attached hydrogens (primary N) is 1. The third-order valence-electron chi connectivity index (χ3n) is 7.56. The van der Waals surface area contributed by atoms with Gasteiger partial charge in [-0.1, -0.05) is 37.6 Å². The van der Waals surface area contributed by atoms with Crippen molar-refractivity contribution in [3.63, 3.8) is 0 Å². The molecule has 12 nitrogen and oxygen atoms in total. The number of nitrogens with zero attached hydrogens (tertiary/aromatic N) is 1. The number of allylic oxidation sites excluding steroid dienone is 2. The zero-order valence-electron chi connectivity index (χ0n) is 24.1. The molecule has 0 saturated carbocycles. The number of hydrogen-bond acceptors (Lipinski definition) is 11. The van der Waals surface area contributed by atoms with Crippen molar-refractivity contribution in [2.75, 3.05) is 6.61 Å². The standard InChI is InChI=1S/C28H46N2O10/c1-7-24(33)38-18(4)10-13-23(32)30(29)20-14-17(3)21(39-19(20)5)11-8-16(2)9-12-22-25(34)28(37,15-31)26(35)27(6,36)40-22/h8-10,12-13,17-22,25-26,31,34-37H,7,11,14-15,29H2,1-6H3/b12-9+,13-10-,16-8+/t17?,18?,19?,20?,21?,22-,25?,26?,27?,28?/m1/s1. The van der Waals surface area contributed by atoms with Crippen LogP contribution in [0.25, 0.3) is 0 Å². The Bertz CT molecular complexity index is 967. The lowest BCUT2D eigenvalue weighted by Crippen LogP contribution is -2.71. The van der Waals surface area contributed by atoms with Crippen LogP contribution < -0.4 is 5.84 Å². The van der Waals surface area contributed by atoms with Gasteiger partial charge in [-0.3, -0.25) is 14.6 Å². The first-order chi connectivity index (χ1) is 18.6. The Morgan fingerprint density at radius 1 is 1.23 bits per heavy atom. The Labute approximate surface area is 235 Å². The molecule has 2 aliphatic heterocycles. The molecule has 0 radical (unpaired) electrons. The highest BCUT2D eigenvalue weighted by Crippen LogP contribution is 2.35. The highest BCUT2D eigenvalue weighted by Gasteiger charge is 2.58. The summed E-state index contributed by atoms with van der Waals surface area (Å²) in [6.07, 6.45) is 3.40. The molecule has 2 rings (SSSR count). The van der Waals surface area contributed by atoms with E-state index in [9.17, 15) is 35.1 Å². The lowest BCUT2D eigenvalue weighted by atomic mass is 9.80. The van der Waals surface area contributed by atoms with Crippen LogP contribution in [0.4, 0.5) is 0 Å². The number of carbonyl (C=O) groups excluding carboxylic acids is 2. The molecular weight excluding hydrogens is 524 g/mol.